The summed E-state index contributed by atoms with van der Waals surface area (Å²) < 4.78 is 12.2. The molecule has 1 unspecified atom stereocenters. The molecule has 1 amide bonds. The highest BCUT2D eigenvalue weighted by molar-refractivity contribution is 7.21. The molecule has 0 radical (unpaired) electrons. The van der Waals surface area contributed by atoms with Gasteiger partial charge < -0.3 is 9.47 Å². The molecule has 112 valence electrons. The molecule has 1 saturated heterocycles. The van der Waals surface area contributed by atoms with Gasteiger partial charge in [-0.25, -0.2) is 5.84 Å². The lowest BCUT2D eigenvalue weighted by Crippen LogP contribution is -2.30. The van der Waals surface area contributed by atoms with Gasteiger partial charge in [0.15, 0.2) is 0 Å². The van der Waals surface area contributed by atoms with Crippen LogP contribution in [0.4, 0.5) is 0 Å². The van der Waals surface area contributed by atoms with Crippen LogP contribution < -0.4 is 11.3 Å². The van der Waals surface area contributed by atoms with Crippen LogP contribution in [-0.4, -0.2) is 25.7 Å². The second kappa shape index (κ2) is 6.53. The number of rotatable bonds is 5. The Morgan fingerprint density at radius 2 is 2.33 bits per heavy atom. The summed E-state index contributed by atoms with van der Waals surface area (Å²) in [5, 5.41) is 1.06. The fourth-order valence-electron chi connectivity index (χ4n) is 2.53. The topological polar surface area (TPSA) is 73.6 Å². The van der Waals surface area contributed by atoms with E-state index in [9.17, 15) is 4.79 Å². The van der Waals surface area contributed by atoms with Crippen LogP contribution in [0.25, 0.3) is 10.1 Å². The summed E-state index contributed by atoms with van der Waals surface area (Å²) in [4.78, 5) is 12.5. The van der Waals surface area contributed by atoms with Crippen molar-refractivity contribution in [3.8, 4) is 0 Å². The van der Waals surface area contributed by atoms with E-state index in [2.05, 4.69) is 5.43 Å². The summed E-state index contributed by atoms with van der Waals surface area (Å²) in [7, 11) is 0. The van der Waals surface area contributed by atoms with Crippen molar-refractivity contribution in [3.63, 3.8) is 0 Å². The largest absolute Gasteiger partial charge is 0.381 e. The van der Waals surface area contributed by atoms with Crippen LogP contribution in [0.3, 0.4) is 0 Å². The Bertz CT molecular complexity index is 635. The van der Waals surface area contributed by atoms with Crippen LogP contribution in [-0.2, 0) is 16.1 Å². The molecule has 3 rings (SSSR count). The van der Waals surface area contributed by atoms with Gasteiger partial charge in [0, 0.05) is 22.8 Å². The molecule has 21 heavy (non-hydrogen) atoms. The normalized spacial score (nSPS) is 18.2. The second-order valence-corrected chi connectivity index (χ2v) is 6.18. The van der Waals surface area contributed by atoms with Crippen molar-refractivity contribution in [1.82, 2.24) is 5.43 Å². The monoisotopic (exact) mass is 306 g/mol. The molecule has 1 aromatic heterocycles. The van der Waals surface area contributed by atoms with Gasteiger partial charge in [0.05, 0.1) is 24.7 Å². The van der Waals surface area contributed by atoms with Gasteiger partial charge in [-0.15, -0.1) is 11.3 Å². The number of nitrogens with two attached hydrogens (primary N) is 1. The molecule has 1 aliphatic heterocycles. The van der Waals surface area contributed by atoms with Crippen LogP contribution in [0.2, 0.25) is 0 Å². The highest BCUT2D eigenvalue weighted by atomic mass is 32.1. The smallest absolute Gasteiger partial charge is 0.275 e. The van der Waals surface area contributed by atoms with Crippen molar-refractivity contribution in [2.75, 3.05) is 19.8 Å². The van der Waals surface area contributed by atoms with E-state index in [1.54, 1.807) is 0 Å². The third kappa shape index (κ3) is 3.08. The third-order valence-electron chi connectivity index (χ3n) is 3.66. The minimum atomic E-state index is -0.265. The average Bonchev–Trinajstić information content (AvgIpc) is 3.14. The standard InChI is InChI=1S/C15H18N2O3S/c16-17-15(18)14-12(9-20-8-10-5-6-19-7-10)11-3-1-2-4-13(11)21-14/h1-4,10H,5-9,16H2,(H,17,18). The maximum atomic E-state index is 11.9. The first kappa shape index (κ1) is 14.5. The fourth-order valence-corrected chi connectivity index (χ4v) is 3.64. The minimum Gasteiger partial charge on any atom is -0.381 e. The van der Waals surface area contributed by atoms with Crippen molar-refractivity contribution in [2.45, 2.75) is 13.0 Å². The maximum absolute atomic E-state index is 11.9. The highest BCUT2D eigenvalue weighted by Crippen LogP contribution is 2.32. The van der Waals surface area contributed by atoms with E-state index in [1.807, 2.05) is 24.3 Å². The number of fused-ring (bicyclic) bond motifs is 1. The Morgan fingerprint density at radius 1 is 1.48 bits per heavy atom. The van der Waals surface area contributed by atoms with Crippen molar-refractivity contribution in [1.29, 1.82) is 0 Å². The molecule has 0 bridgehead atoms. The molecule has 2 aromatic rings. The van der Waals surface area contributed by atoms with Crippen molar-refractivity contribution >= 4 is 27.3 Å². The summed E-state index contributed by atoms with van der Waals surface area (Å²) >= 11 is 1.44. The molecule has 5 nitrogen and oxygen atoms in total. The van der Waals surface area contributed by atoms with Gasteiger partial charge in [0.2, 0.25) is 0 Å². The number of benzene rings is 1. The quantitative estimate of drug-likeness (QED) is 0.504. The van der Waals surface area contributed by atoms with E-state index >= 15 is 0 Å². The van der Waals surface area contributed by atoms with E-state index < -0.39 is 0 Å². The van der Waals surface area contributed by atoms with E-state index in [4.69, 9.17) is 15.3 Å². The summed E-state index contributed by atoms with van der Waals surface area (Å²) in [6.45, 7) is 2.66. The third-order valence-corrected chi connectivity index (χ3v) is 4.87. The van der Waals surface area contributed by atoms with E-state index in [0.29, 0.717) is 24.0 Å². The fraction of sp³-hybridized carbons (Fsp3) is 0.400. The molecule has 0 spiro atoms. The number of nitrogen functional groups attached to an aromatic ring is 1. The lowest BCUT2D eigenvalue weighted by Gasteiger charge is -2.09. The number of hydrogen-bond acceptors (Lipinski definition) is 5. The zero-order chi connectivity index (χ0) is 14.7. The first-order valence-electron chi connectivity index (χ1n) is 6.96. The zero-order valence-electron chi connectivity index (χ0n) is 11.6. The number of carbonyl (C=O) groups excluding carboxylic acids is 1. The lowest BCUT2D eigenvalue weighted by atomic mass is 10.1. The van der Waals surface area contributed by atoms with Gasteiger partial charge in [0.25, 0.3) is 5.91 Å². The van der Waals surface area contributed by atoms with Gasteiger partial charge in [-0.3, -0.25) is 10.2 Å². The number of thiophene rings is 1. The Balaban J connectivity index is 1.79. The molecular formula is C15H18N2O3S. The second-order valence-electron chi connectivity index (χ2n) is 5.12. The van der Waals surface area contributed by atoms with Crippen LogP contribution in [0.5, 0.6) is 0 Å². The summed E-state index contributed by atoms with van der Waals surface area (Å²) in [6.07, 6.45) is 1.04. The van der Waals surface area contributed by atoms with Crippen LogP contribution in [0.15, 0.2) is 24.3 Å². The molecule has 6 heteroatoms. The van der Waals surface area contributed by atoms with Crippen LogP contribution in [0.1, 0.15) is 21.7 Å². The zero-order valence-corrected chi connectivity index (χ0v) is 12.4. The first-order valence-corrected chi connectivity index (χ1v) is 7.78. The van der Waals surface area contributed by atoms with Gasteiger partial charge in [0.1, 0.15) is 0 Å². The lowest BCUT2D eigenvalue weighted by molar-refractivity contribution is 0.0784. The molecule has 0 aliphatic carbocycles. The van der Waals surface area contributed by atoms with E-state index in [-0.39, 0.29) is 5.91 Å². The molecule has 1 fully saturated rings. The highest BCUT2D eigenvalue weighted by Gasteiger charge is 2.19. The number of hydrazine groups is 1. The van der Waals surface area contributed by atoms with Gasteiger partial charge in [-0.1, -0.05) is 18.2 Å². The molecule has 2 heterocycles. The van der Waals surface area contributed by atoms with E-state index in [1.165, 1.54) is 11.3 Å². The number of nitrogens with one attached hydrogen (secondary N) is 1. The van der Waals surface area contributed by atoms with Crippen molar-refractivity contribution < 1.29 is 14.3 Å². The molecular weight excluding hydrogens is 288 g/mol. The Morgan fingerprint density at radius 3 is 3.10 bits per heavy atom. The van der Waals surface area contributed by atoms with Crippen molar-refractivity contribution in [3.05, 3.63) is 34.7 Å². The van der Waals surface area contributed by atoms with Crippen LogP contribution >= 0.6 is 11.3 Å². The molecule has 1 aliphatic rings. The van der Waals surface area contributed by atoms with Gasteiger partial charge in [-0.05, 0) is 17.9 Å². The Labute approximate surface area is 127 Å². The van der Waals surface area contributed by atoms with E-state index in [0.717, 1.165) is 35.3 Å². The Kier molecular flexibility index (Phi) is 4.50. The number of ether oxygens (including phenoxy) is 2. The predicted octanol–water partition coefficient (Wildman–Crippen LogP) is 2.06. The van der Waals surface area contributed by atoms with Gasteiger partial charge >= 0.3 is 0 Å². The molecule has 1 atom stereocenters. The molecule has 0 saturated carbocycles. The summed E-state index contributed by atoms with van der Waals surface area (Å²) in [5.74, 6) is 5.47. The van der Waals surface area contributed by atoms with Crippen molar-refractivity contribution in [2.24, 2.45) is 11.8 Å². The predicted molar refractivity (Wildman–Crippen MR) is 82.1 cm³/mol. The minimum absolute atomic E-state index is 0.265. The molecule has 3 N–H and O–H groups in total. The average molecular weight is 306 g/mol. The number of carbonyl (C=O) groups is 1. The summed E-state index contributed by atoms with van der Waals surface area (Å²) in [5.41, 5.74) is 3.12. The molecule has 1 aromatic carbocycles. The first-order chi connectivity index (χ1) is 10.3. The SMILES string of the molecule is NNC(=O)c1sc2ccccc2c1COCC1CCOC1. The number of amides is 1. The number of hydrogen-bond donors (Lipinski definition) is 2. The Hall–Kier alpha value is -1.47. The maximum Gasteiger partial charge on any atom is 0.275 e. The van der Waals surface area contributed by atoms with Gasteiger partial charge in [-0.2, -0.15) is 0 Å². The summed E-state index contributed by atoms with van der Waals surface area (Å²) in [6, 6.07) is 7.94. The van der Waals surface area contributed by atoms with Crippen LogP contribution in [0, 0.1) is 5.92 Å².